The van der Waals surface area contributed by atoms with Crippen molar-refractivity contribution in [3.05, 3.63) is 11.8 Å². The van der Waals surface area contributed by atoms with Crippen molar-refractivity contribution in [1.82, 2.24) is 0 Å². The Balaban J connectivity index is 4.32. The summed E-state index contributed by atoms with van der Waals surface area (Å²) in [6.45, 7) is 7.07. The second-order valence-electron chi connectivity index (χ2n) is 2.49. The fraction of sp³-hybridized carbons (Fsp3) is 0.700. The molecule has 2 nitrogen and oxygen atoms in total. The summed E-state index contributed by atoms with van der Waals surface area (Å²) < 4.78 is 5.16. The van der Waals surface area contributed by atoms with Gasteiger partial charge in [-0.3, -0.25) is 4.99 Å². The maximum atomic E-state index is 5.16. The van der Waals surface area contributed by atoms with E-state index >= 15 is 0 Å². The predicted molar refractivity (Wildman–Crippen MR) is 53.7 cm³/mol. The normalized spacial score (nSPS) is 13.3. The van der Waals surface area contributed by atoms with Gasteiger partial charge in [-0.1, -0.05) is 13.8 Å². The van der Waals surface area contributed by atoms with Gasteiger partial charge in [-0.25, -0.2) is 0 Å². The molecule has 0 saturated carbocycles. The number of hydrogen-bond donors (Lipinski definition) is 0. The van der Waals surface area contributed by atoms with Crippen molar-refractivity contribution in [3.8, 4) is 0 Å². The van der Waals surface area contributed by atoms with Crippen LogP contribution in [0.1, 0.15) is 33.6 Å². The molecule has 2 heteroatoms. The van der Waals surface area contributed by atoms with Crippen molar-refractivity contribution in [2.45, 2.75) is 33.6 Å². The van der Waals surface area contributed by atoms with Gasteiger partial charge in [-0.2, -0.15) is 0 Å². The Morgan fingerprint density at radius 2 is 1.92 bits per heavy atom. The second-order valence-corrected chi connectivity index (χ2v) is 2.49. The highest BCUT2D eigenvalue weighted by Gasteiger charge is 1.95. The summed E-state index contributed by atoms with van der Waals surface area (Å²) in [4.78, 5) is 4.34. The van der Waals surface area contributed by atoms with E-state index in [1.165, 1.54) is 0 Å². The number of ether oxygens (including phenoxy) is 1. The Hall–Kier alpha value is -0.790. The van der Waals surface area contributed by atoms with Crippen LogP contribution in [-0.4, -0.2) is 19.4 Å². The Kier molecular flexibility index (Phi) is 6.44. The molecule has 0 aromatic rings. The van der Waals surface area contributed by atoms with Crippen LogP contribution in [0.25, 0.3) is 0 Å². The first-order valence-electron chi connectivity index (χ1n) is 4.56. The molecule has 0 aliphatic carbocycles. The van der Waals surface area contributed by atoms with Crippen LogP contribution in [0.3, 0.4) is 0 Å². The van der Waals surface area contributed by atoms with Crippen molar-refractivity contribution < 1.29 is 4.74 Å². The van der Waals surface area contributed by atoms with Crippen LogP contribution in [0.15, 0.2) is 16.8 Å². The van der Waals surface area contributed by atoms with Crippen molar-refractivity contribution in [1.29, 1.82) is 0 Å². The monoisotopic (exact) mass is 169 g/mol. The summed E-state index contributed by atoms with van der Waals surface area (Å²) in [6.07, 6.45) is 3.93. The maximum Gasteiger partial charge on any atom is 0.0970 e. The Bertz CT molecular complexity index is 165. The fourth-order valence-electron chi connectivity index (χ4n) is 0.954. The average molecular weight is 169 g/mol. The van der Waals surface area contributed by atoms with E-state index in [1.54, 1.807) is 7.11 Å². The lowest BCUT2D eigenvalue weighted by Crippen LogP contribution is -1.96. The van der Waals surface area contributed by atoms with Crippen molar-refractivity contribution in [2.24, 2.45) is 4.99 Å². The molecule has 0 unspecified atom stereocenters. The molecule has 0 radical (unpaired) electrons. The van der Waals surface area contributed by atoms with Crippen molar-refractivity contribution in [3.63, 3.8) is 0 Å². The van der Waals surface area contributed by atoms with Crippen LogP contribution in [0.4, 0.5) is 0 Å². The molecule has 70 valence electrons. The molecule has 0 amide bonds. The van der Waals surface area contributed by atoms with E-state index in [2.05, 4.69) is 18.8 Å². The molecule has 0 fully saturated rings. The Labute approximate surface area is 75.3 Å². The second kappa shape index (κ2) is 6.89. The van der Waals surface area contributed by atoms with Gasteiger partial charge in [0.15, 0.2) is 0 Å². The third kappa shape index (κ3) is 4.16. The summed E-state index contributed by atoms with van der Waals surface area (Å²) in [5.41, 5.74) is 1.12. The van der Waals surface area contributed by atoms with E-state index in [4.69, 9.17) is 4.74 Å². The van der Waals surface area contributed by atoms with E-state index in [0.29, 0.717) is 0 Å². The molecule has 0 bridgehead atoms. The lowest BCUT2D eigenvalue weighted by Gasteiger charge is -2.03. The van der Waals surface area contributed by atoms with Crippen LogP contribution in [-0.2, 0) is 4.74 Å². The molecule has 0 aromatic heterocycles. The lowest BCUT2D eigenvalue weighted by atomic mass is 10.2. The molecular formula is C10H19NO. The van der Waals surface area contributed by atoms with Gasteiger partial charge in [0.2, 0.25) is 0 Å². The quantitative estimate of drug-likeness (QED) is 0.458. The van der Waals surface area contributed by atoms with E-state index < -0.39 is 0 Å². The molecule has 0 N–H and O–H groups in total. The van der Waals surface area contributed by atoms with Gasteiger partial charge in [-0.05, 0) is 19.4 Å². The van der Waals surface area contributed by atoms with Crippen LogP contribution in [0.5, 0.6) is 0 Å². The average Bonchev–Trinajstić information content (AvgIpc) is 2.12. The highest BCUT2D eigenvalue weighted by molar-refractivity contribution is 5.95. The van der Waals surface area contributed by atoms with Gasteiger partial charge in [0.25, 0.3) is 0 Å². The largest absolute Gasteiger partial charge is 0.501 e. The number of nitrogens with zero attached hydrogens (tertiary/aromatic N) is 1. The fourth-order valence-corrected chi connectivity index (χ4v) is 0.954. The number of rotatable bonds is 5. The van der Waals surface area contributed by atoms with Gasteiger partial charge in [0.1, 0.15) is 0 Å². The first-order chi connectivity index (χ1) is 5.78. The van der Waals surface area contributed by atoms with Crippen LogP contribution < -0.4 is 0 Å². The lowest BCUT2D eigenvalue weighted by molar-refractivity contribution is 0.281. The molecule has 0 aliphatic heterocycles. The Morgan fingerprint density at radius 1 is 1.25 bits per heavy atom. The van der Waals surface area contributed by atoms with E-state index in [0.717, 1.165) is 30.9 Å². The maximum absolute atomic E-state index is 5.16. The number of aliphatic imine (C=N–C) groups is 1. The summed E-state index contributed by atoms with van der Waals surface area (Å²) >= 11 is 0. The third-order valence-corrected chi connectivity index (χ3v) is 1.66. The van der Waals surface area contributed by atoms with Crippen LogP contribution >= 0.6 is 0 Å². The van der Waals surface area contributed by atoms with Crippen LogP contribution in [0.2, 0.25) is 0 Å². The minimum Gasteiger partial charge on any atom is -0.501 e. The zero-order chi connectivity index (χ0) is 9.40. The SMILES string of the molecule is CCN=C(/C=C(\CC)OC)CC. The van der Waals surface area contributed by atoms with Gasteiger partial charge in [0.05, 0.1) is 12.9 Å². The first-order valence-corrected chi connectivity index (χ1v) is 4.56. The van der Waals surface area contributed by atoms with Gasteiger partial charge in [0, 0.05) is 18.7 Å². The van der Waals surface area contributed by atoms with Crippen molar-refractivity contribution in [2.75, 3.05) is 13.7 Å². The third-order valence-electron chi connectivity index (χ3n) is 1.66. The summed E-state index contributed by atoms with van der Waals surface area (Å²) in [7, 11) is 1.70. The summed E-state index contributed by atoms with van der Waals surface area (Å²) in [5, 5.41) is 0. The van der Waals surface area contributed by atoms with Gasteiger partial charge >= 0.3 is 0 Å². The molecule has 0 aliphatic rings. The smallest absolute Gasteiger partial charge is 0.0970 e. The van der Waals surface area contributed by atoms with Gasteiger partial charge < -0.3 is 4.74 Å². The number of hydrogen-bond acceptors (Lipinski definition) is 2. The highest BCUT2D eigenvalue weighted by atomic mass is 16.5. The predicted octanol–water partition coefficient (Wildman–Crippen LogP) is 2.80. The van der Waals surface area contributed by atoms with Crippen molar-refractivity contribution >= 4 is 5.71 Å². The summed E-state index contributed by atoms with van der Waals surface area (Å²) in [6, 6.07) is 0. The van der Waals surface area contributed by atoms with Crippen LogP contribution in [0, 0.1) is 0 Å². The van der Waals surface area contributed by atoms with E-state index in [-0.39, 0.29) is 0 Å². The molecule has 0 heterocycles. The van der Waals surface area contributed by atoms with E-state index in [1.807, 2.05) is 13.0 Å². The highest BCUT2D eigenvalue weighted by Crippen LogP contribution is 2.02. The molecule has 0 spiro atoms. The number of allylic oxidation sites excluding steroid dienone is 2. The van der Waals surface area contributed by atoms with E-state index in [9.17, 15) is 0 Å². The minimum atomic E-state index is 0.848. The molecule has 12 heavy (non-hydrogen) atoms. The summed E-state index contributed by atoms with van der Waals surface area (Å²) in [5.74, 6) is 1.00. The topological polar surface area (TPSA) is 21.6 Å². The molecule has 0 atom stereocenters. The van der Waals surface area contributed by atoms with Gasteiger partial charge in [-0.15, -0.1) is 0 Å². The molecule has 0 aromatic carbocycles. The number of methoxy groups -OCH3 is 1. The standard InChI is InChI=1S/C10H19NO/c1-5-9(11-7-3)8-10(6-2)12-4/h8H,5-7H2,1-4H3/b10-8+,11-9?. The molecule has 0 rings (SSSR count). The zero-order valence-corrected chi connectivity index (χ0v) is 8.55. The molecular weight excluding hydrogens is 150 g/mol. The minimum absolute atomic E-state index is 0.848. The zero-order valence-electron chi connectivity index (χ0n) is 8.55. The first kappa shape index (κ1) is 11.2. The Morgan fingerprint density at radius 3 is 2.25 bits per heavy atom. The molecule has 0 saturated heterocycles.